The molecule has 2 aromatic rings. The molecule has 0 fully saturated rings. The summed E-state index contributed by atoms with van der Waals surface area (Å²) in [5.41, 5.74) is 2.24. The van der Waals surface area contributed by atoms with Gasteiger partial charge in [-0.2, -0.15) is 12.6 Å². The van der Waals surface area contributed by atoms with Gasteiger partial charge >= 0.3 is 0 Å². The molecule has 13 heavy (non-hydrogen) atoms. The summed E-state index contributed by atoms with van der Waals surface area (Å²) in [4.78, 5) is 4.30. The summed E-state index contributed by atoms with van der Waals surface area (Å²) < 4.78 is 2.13. The Kier molecular flexibility index (Phi) is 2.27. The van der Waals surface area contributed by atoms with Crippen LogP contribution in [0, 0.1) is 0 Å². The number of fused-ring (bicyclic) bond motifs is 1. The lowest BCUT2D eigenvalue weighted by atomic mass is 10.3. The Balaban J connectivity index is 2.46. The highest BCUT2D eigenvalue weighted by atomic mass is 32.1. The van der Waals surface area contributed by atoms with E-state index in [1.807, 2.05) is 24.5 Å². The number of rotatable bonds is 2. The highest BCUT2D eigenvalue weighted by Gasteiger charge is 2.02. The molecule has 1 aromatic heterocycles. The summed E-state index contributed by atoms with van der Waals surface area (Å²) in [5.74, 6) is 0. The summed E-state index contributed by atoms with van der Waals surface area (Å²) in [6.07, 6.45) is 1.87. The second kappa shape index (κ2) is 3.42. The molecule has 1 unspecified atom stereocenters. The highest BCUT2D eigenvalue weighted by Crippen LogP contribution is 2.12. The molecule has 2 rings (SSSR count). The Morgan fingerprint density at radius 2 is 2.23 bits per heavy atom. The Bertz CT molecular complexity index is 406. The fourth-order valence-corrected chi connectivity index (χ4v) is 1.62. The molecule has 0 amide bonds. The zero-order valence-electron chi connectivity index (χ0n) is 7.51. The molecular weight excluding hydrogens is 180 g/mol. The van der Waals surface area contributed by atoms with Crippen LogP contribution in [0.5, 0.6) is 0 Å². The predicted molar refractivity (Wildman–Crippen MR) is 58.2 cm³/mol. The predicted octanol–water partition coefficient (Wildman–Crippen LogP) is 2.35. The van der Waals surface area contributed by atoms with E-state index in [1.54, 1.807) is 0 Å². The van der Waals surface area contributed by atoms with Crippen molar-refractivity contribution in [3.05, 3.63) is 30.6 Å². The number of aromatic nitrogens is 2. The van der Waals surface area contributed by atoms with Crippen molar-refractivity contribution in [2.75, 3.05) is 0 Å². The quantitative estimate of drug-likeness (QED) is 0.723. The summed E-state index contributed by atoms with van der Waals surface area (Å²) in [5, 5.41) is 0.359. The van der Waals surface area contributed by atoms with Crippen LogP contribution in [0.1, 0.15) is 6.92 Å². The van der Waals surface area contributed by atoms with Crippen molar-refractivity contribution in [1.82, 2.24) is 9.55 Å². The molecule has 0 N–H and O–H groups in total. The first-order valence-corrected chi connectivity index (χ1v) is 4.87. The topological polar surface area (TPSA) is 17.8 Å². The first-order chi connectivity index (χ1) is 6.27. The van der Waals surface area contributed by atoms with Gasteiger partial charge in [-0.05, 0) is 12.1 Å². The van der Waals surface area contributed by atoms with Gasteiger partial charge in [0.25, 0.3) is 0 Å². The van der Waals surface area contributed by atoms with Crippen LogP contribution in [0.15, 0.2) is 30.6 Å². The third kappa shape index (κ3) is 1.70. The Morgan fingerprint density at radius 1 is 1.46 bits per heavy atom. The second-order valence-electron chi connectivity index (χ2n) is 3.23. The lowest BCUT2D eigenvalue weighted by Crippen LogP contribution is -2.04. The lowest BCUT2D eigenvalue weighted by Gasteiger charge is -2.05. The van der Waals surface area contributed by atoms with Crippen molar-refractivity contribution < 1.29 is 0 Å². The van der Waals surface area contributed by atoms with Gasteiger partial charge in [0, 0.05) is 11.8 Å². The van der Waals surface area contributed by atoms with Gasteiger partial charge in [0.1, 0.15) is 0 Å². The van der Waals surface area contributed by atoms with E-state index in [4.69, 9.17) is 0 Å². The molecule has 1 heterocycles. The molecule has 1 atom stereocenters. The fourth-order valence-electron chi connectivity index (χ4n) is 1.44. The smallest absolute Gasteiger partial charge is 0.0958 e. The van der Waals surface area contributed by atoms with Crippen molar-refractivity contribution in [3.63, 3.8) is 0 Å². The van der Waals surface area contributed by atoms with Crippen LogP contribution < -0.4 is 0 Å². The van der Waals surface area contributed by atoms with E-state index in [0.717, 1.165) is 12.1 Å². The summed E-state index contributed by atoms with van der Waals surface area (Å²) in [6, 6.07) is 8.14. The number of benzene rings is 1. The maximum absolute atomic E-state index is 4.36. The van der Waals surface area contributed by atoms with Crippen LogP contribution in [0.3, 0.4) is 0 Å². The SMILES string of the molecule is CC(S)Cn1cnc2ccccc21. The standard InChI is InChI=1S/C10H12N2S/c1-8(13)6-12-7-11-9-4-2-3-5-10(9)12/h2-5,7-8,13H,6H2,1H3. The number of nitrogens with zero attached hydrogens (tertiary/aromatic N) is 2. The van der Waals surface area contributed by atoms with Gasteiger partial charge in [-0.1, -0.05) is 19.1 Å². The second-order valence-corrected chi connectivity index (χ2v) is 4.12. The summed E-state index contributed by atoms with van der Waals surface area (Å²) in [6.45, 7) is 2.99. The molecular formula is C10H12N2S. The first-order valence-electron chi connectivity index (χ1n) is 4.35. The third-order valence-electron chi connectivity index (χ3n) is 1.99. The maximum Gasteiger partial charge on any atom is 0.0958 e. The first kappa shape index (κ1) is 8.63. The van der Waals surface area contributed by atoms with E-state index in [0.29, 0.717) is 5.25 Å². The number of para-hydroxylation sites is 2. The highest BCUT2D eigenvalue weighted by molar-refractivity contribution is 7.80. The normalized spacial score (nSPS) is 13.4. The molecule has 0 aliphatic carbocycles. The number of hydrogen-bond donors (Lipinski definition) is 1. The average Bonchev–Trinajstić information content (AvgIpc) is 2.48. The molecule has 0 bridgehead atoms. The van der Waals surface area contributed by atoms with E-state index in [1.165, 1.54) is 5.52 Å². The minimum absolute atomic E-state index is 0.359. The molecule has 0 aliphatic heterocycles. The van der Waals surface area contributed by atoms with Crippen molar-refractivity contribution in [1.29, 1.82) is 0 Å². The zero-order valence-corrected chi connectivity index (χ0v) is 8.41. The Morgan fingerprint density at radius 3 is 3.00 bits per heavy atom. The van der Waals surface area contributed by atoms with Gasteiger partial charge in [-0.15, -0.1) is 0 Å². The van der Waals surface area contributed by atoms with E-state index >= 15 is 0 Å². The number of hydrogen-bond acceptors (Lipinski definition) is 2. The van der Waals surface area contributed by atoms with Crippen LogP contribution in [0.2, 0.25) is 0 Å². The van der Waals surface area contributed by atoms with Gasteiger partial charge in [0.05, 0.1) is 17.4 Å². The van der Waals surface area contributed by atoms with Gasteiger partial charge in [-0.3, -0.25) is 0 Å². The Hall–Kier alpha value is -0.960. The number of imidazole rings is 1. The lowest BCUT2D eigenvalue weighted by molar-refractivity contribution is 0.713. The minimum Gasteiger partial charge on any atom is -0.329 e. The molecule has 0 radical (unpaired) electrons. The van der Waals surface area contributed by atoms with Crippen LogP contribution in [-0.2, 0) is 6.54 Å². The van der Waals surface area contributed by atoms with Crippen LogP contribution in [0.25, 0.3) is 11.0 Å². The largest absolute Gasteiger partial charge is 0.329 e. The van der Waals surface area contributed by atoms with Gasteiger partial charge in [0.15, 0.2) is 0 Å². The molecule has 1 aromatic carbocycles. The van der Waals surface area contributed by atoms with Crippen molar-refractivity contribution in [3.8, 4) is 0 Å². The van der Waals surface area contributed by atoms with E-state index in [9.17, 15) is 0 Å². The third-order valence-corrected chi connectivity index (χ3v) is 2.15. The van der Waals surface area contributed by atoms with E-state index in [2.05, 4.69) is 35.2 Å². The Labute approximate surface area is 83.0 Å². The van der Waals surface area contributed by atoms with Crippen LogP contribution >= 0.6 is 12.6 Å². The maximum atomic E-state index is 4.36. The van der Waals surface area contributed by atoms with Crippen molar-refractivity contribution >= 4 is 23.7 Å². The molecule has 0 saturated heterocycles. The minimum atomic E-state index is 0.359. The molecule has 0 aliphatic rings. The average molecular weight is 192 g/mol. The zero-order chi connectivity index (χ0) is 9.26. The van der Waals surface area contributed by atoms with Crippen molar-refractivity contribution in [2.45, 2.75) is 18.7 Å². The summed E-state index contributed by atoms with van der Waals surface area (Å²) >= 11 is 4.36. The summed E-state index contributed by atoms with van der Waals surface area (Å²) in [7, 11) is 0. The fraction of sp³-hybridized carbons (Fsp3) is 0.300. The van der Waals surface area contributed by atoms with Gasteiger partial charge < -0.3 is 4.57 Å². The number of thiol groups is 1. The van der Waals surface area contributed by atoms with E-state index < -0.39 is 0 Å². The molecule has 0 saturated carbocycles. The molecule has 2 nitrogen and oxygen atoms in total. The molecule has 68 valence electrons. The van der Waals surface area contributed by atoms with Crippen LogP contribution in [0.4, 0.5) is 0 Å². The monoisotopic (exact) mass is 192 g/mol. The molecule has 0 spiro atoms. The molecule has 3 heteroatoms. The van der Waals surface area contributed by atoms with Gasteiger partial charge in [0.2, 0.25) is 0 Å². The van der Waals surface area contributed by atoms with Gasteiger partial charge in [-0.25, -0.2) is 4.98 Å². The van der Waals surface area contributed by atoms with E-state index in [-0.39, 0.29) is 0 Å². The van der Waals surface area contributed by atoms with Crippen LogP contribution in [-0.4, -0.2) is 14.8 Å². The van der Waals surface area contributed by atoms with Crippen molar-refractivity contribution in [2.24, 2.45) is 0 Å².